The average Bonchev–Trinajstić information content (AvgIpc) is 3.52. The van der Waals surface area contributed by atoms with E-state index >= 15 is 0 Å². The Morgan fingerprint density at radius 2 is 1.94 bits per heavy atom. The fourth-order valence-electron chi connectivity index (χ4n) is 3.94. The van der Waals surface area contributed by atoms with Gasteiger partial charge in [0.15, 0.2) is 0 Å². The molecule has 0 radical (unpaired) electrons. The van der Waals surface area contributed by atoms with Crippen molar-refractivity contribution >= 4 is 29.5 Å². The normalized spacial score (nSPS) is 20.3. The first-order valence-corrected chi connectivity index (χ1v) is 11.0. The molecule has 1 aromatic rings. The van der Waals surface area contributed by atoms with Crippen molar-refractivity contribution in [2.24, 2.45) is 11.8 Å². The van der Waals surface area contributed by atoms with E-state index in [-0.39, 0.29) is 25.4 Å². The van der Waals surface area contributed by atoms with E-state index in [1.165, 1.54) is 24.0 Å². The Labute approximate surface area is 192 Å². The summed E-state index contributed by atoms with van der Waals surface area (Å²) in [5.74, 6) is -1.23. The van der Waals surface area contributed by atoms with Crippen molar-refractivity contribution in [2.45, 2.75) is 37.8 Å². The molecule has 3 rings (SSSR count). The summed E-state index contributed by atoms with van der Waals surface area (Å²) in [4.78, 5) is 52.7. The molecule has 0 spiro atoms. The third-order valence-electron chi connectivity index (χ3n) is 5.97. The highest BCUT2D eigenvalue weighted by Crippen LogP contribution is 2.34. The molecule has 10 heteroatoms. The van der Waals surface area contributed by atoms with E-state index in [0.717, 1.165) is 12.8 Å². The van der Waals surface area contributed by atoms with E-state index in [0.29, 0.717) is 18.0 Å². The number of hydrogen-bond donors (Lipinski definition) is 2. The zero-order chi connectivity index (χ0) is 24.0. The van der Waals surface area contributed by atoms with Gasteiger partial charge in [-0.2, -0.15) is 5.26 Å². The van der Waals surface area contributed by atoms with Gasteiger partial charge in [-0.1, -0.05) is 31.0 Å². The standard InChI is InChI=1S/C23H29N5O5/c1-27(22(31)19(10-15-8-9-15)26-23(32)33-2)14-20(29)28-13-16(11-18(28)12-24)21(30)25-17-6-4-3-5-7-17/h3-7,15-16,18-19H,8-11,13-14H2,1-2H3,(H,25,30)(H,26,32). The Morgan fingerprint density at radius 3 is 2.55 bits per heavy atom. The van der Waals surface area contributed by atoms with E-state index in [4.69, 9.17) is 0 Å². The van der Waals surface area contributed by atoms with Crippen molar-refractivity contribution in [3.05, 3.63) is 30.3 Å². The van der Waals surface area contributed by atoms with Gasteiger partial charge in [0.05, 0.1) is 25.6 Å². The molecule has 1 aliphatic heterocycles. The zero-order valence-electron chi connectivity index (χ0n) is 18.8. The van der Waals surface area contributed by atoms with Crippen LogP contribution in [-0.2, 0) is 19.1 Å². The van der Waals surface area contributed by atoms with E-state index in [9.17, 15) is 24.4 Å². The van der Waals surface area contributed by atoms with E-state index in [2.05, 4.69) is 21.4 Å². The molecule has 2 fully saturated rings. The van der Waals surface area contributed by atoms with Crippen LogP contribution in [0.4, 0.5) is 10.5 Å². The van der Waals surface area contributed by atoms with Gasteiger partial charge in [0.1, 0.15) is 12.1 Å². The molecule has 33 heavy (non-hydrogen) atoms. The van der Waals surface area contributed by atoms with Crippen LogP contribution in [0.15, 0.2) is 30.3 Å². The number of nitriles is 1. The van der Waals surface area contributed by atoms with Crippen LogP contribution < -0.4 is 10.6 Å². The molecule has 1 heterocycles. The van der Waals surface area contributed by atoms with Gasteiger partial charge < -0.3 is 25.2 Å². The van der Waals surface area contributed by atoms with Crippen molar-refractivity contribution in [1.29, 1.82) is 5.26 Å². The molecule has 3 unspecified atom stereocenters. The molecule has 4 amide bonds. The number of nitrogens with one attached hydrogen (secondary N) is 2. The van der Waals surface area contributed by atoms with Crippen LogP contribution >= 0.6 is 0 Å². The summed E-state index contributed by atoms with van der Waals surface area (Å²) in [6.07, 6.45) is 2.01. The number of hydrogen-bond acceptors (Lipinski definition) is 6. The van der Waals surface area contributed by atoms with Crippen LogP contribution in [0.5, 0.6) is 0 Å². The number of alkyl carbamates (subject to hydrolysis) is 1. The summed E-state index contributed by atoms with van der Waals surface area (Å²) in [5.41, 5.74) is 0.644. The van der Waals surface area contributed by atoms with Crippen molar-refractivity contribution in [3.63, 3.8) is 0 Å². The predicted octanol–water partition coefficient (Wildman–Crippen LogP) is 1.35. The van der Waals surface area contributed by atoms with Gasteiger partial charge in [-0.25, -0.2) is 4.79 Å². The molecule has 2 N–H and O–H groups in total. The molecular formula is C23H29N5O5. The number of ether oxygens (including phenoxy) is 1. The smallest absolute Gasteiger partial charge is 0.407 e. The van der Waals surface area contributed by atoms with E-state index in [1.54, 1.807) is 24.3 Å². The first-order valence-electron chi connectivity index (χ1n) is 11.0. The number of carbonyl (C=O) groups excluding carboxylic acids is 4. The second-order valence-electron chi connectivity index (χ2n) is 8.54. The quantitative estimate of drug-likeness (QED) is 0.608. The topological polar surface area (TPSA) is 132 Å². The molecule has 176 valence electrons. The highest BCUT2D eigenvalue weighted by molar-refractivity contribution is 5.94. The molecule has 3 atom stereocenters. The van der Waals surface area contributed by atoms with Crippen LogP contribution in [0.3, 0.4) is 0 Å². The van der Waals surface area contributed by atoms with Crippen LogP contribution in [0.2, 0.25) is 0 Å². The number of methoxy groups -OCH3 is 1. The third kappa shape index (κ3) is 6.44. The molecule has 2 aliphatic rings. The molecule has 0 bridgehead atoms. The number of rotatable bonds is 8. The lowest BCUT2D eigenvalue weighted by molar-refractivity contribution is -0.140. The van der Waals surface area contributed by atoms with Crippen molar-refractivity contribution < 1.29 is 23.9 Å². The number of likely N-dealkylation sites (N-methyl/N-ethyl adjacent to an activating group) is 1. The Morgan fingerprint density at radius 1 is 1.24 bits per heavy atom. The second kappa shape index (κ2) is 10.8. The third-order valence-corrected chi connectivity index (χ3v) is 5.97. The van der Waals surface area contributed by atoms with Gasteiger partial charge in [-0.3, -0.25) is 14.4 Å². The van der Waals surface area contributed by atoms with Crippen LogP contribution in [0.1, 0.15) is 25.7 Å². The summed E-state index contributed by atoms with van der Waals surface area (Å²) >= 11 is 0. The summed E-state index contributed by atoms with van der Waals surface area (Å²) < 4.78 is 4.61. The molecule has 1 saturated carbocycles. The van der Waals surface area contributed by atoms with Crippen LogP contribution in [0.25, 0.3) is 0 Å². The minimum absolute atomic E-state index is 0.101. The average molecular weight is 456 g/mol. The zero-order valence-corrected chi connectivity index (χ0v) is 18.8. The number of carbonyl (C=O) groups is 4. The van der Waals surface area contributed by atoms with Gasteiger partial charge in [-0.15, -0.1) is 0 Å². The number of amides is 4. The van der Waals surface area contributed by atoms with Crippen molar-refractivity contribution in [2.75, 3.05) is 32.6 Å². The fraction of sp³-hybridized carbons (Fsp3) is 0.522. The van der Waals surface area contributed by atoms with E-state index < -0.39 is 35.9 Å². The number of para-hydroxylation sites is 1. The summed E-state index contributed by atoms with van der Waals surface area (Å²) in [5, 5.41) is 14.9. The molecule has 10 nitrogen and oxygen atoms in total. The maximum Gasteiger partial charge on any atom is 0.407 e. The van der Waals surface area contributed by atoms with Gasteiger partial charge in [0, 0.05) is 19.3 Å². The largest absolute Gasteiger partial charge is 0.453 e. The molecular weight excluding hydrogens is 426 g/mol. The monoisotopic (exact) mass is 455 g/mol. The summed E-state index contributed by atoms with van der Waals surface area (Å²) in [6.45, 7) is -0.155. The number of benzene rings is 1. The number of likely N-dealkylation sites (tertiary alicyclic amines) is 1. The molecule has 1 aromatic carbocycles. The summed E-state index contributed by atoms with van der Waals surface area (Å²) in [7, 11) is 2.71. The fourth-order valence-corrected chi connectivity index (χ4v) is 3.94. The first-order chi connectivity index (χ1) is 15.8. The second-order valence-corrected chi connectivity index (χ2v) is 8.54. The van der Waals surface area contributed by atoms with E-state index in [1.807, 2.05) is 6.07 Å². The lowest BCUT2D eigenvalue weighted by atomic mass is 10.1. The van der Waals surface area contributed by atoms with Gasteiger partial charge in [0.2, 0.25) is 17.7 Å². The Balaban J connectivity index is 1.59. The Hall–Kier alpha value is -3.61. The molecule has 1 saturated heterocycles. The van der Waals surface area contributed by atoms with Gasteiger partial charge in [-0.05, 0) is 30.9 Å². The first kappa shape index (κ1) is 24.0. The van der Waals surface area contributed by atoms with Crippen LogP contribution in [0, 0.1) is 23.2 Å². The van der Waals surface area contributed by atoms with Gasteiger partial charge in [0.25, 0.3) is 0 Å². The molecule has 1 aliphatic carbocycles. The minimum atomic E-state index is -0.780. The van der Waals surface area contributed by atoms with Gasteiger partial charge >= 0.3 is 6.09 Å². The number of anilines is 1. The maximum absolute atomic E-state index is 12.9. The predicted molar refractivity (Wildman–Crippen MR) is 119 cm³/mol. The Kier molecular flexibility index (Phi) is 7.87. The highest BCUT2D eigenvalue weighted by atomic mass is 16.5. The van der Waals surface area contributed by atoms with Crippen molar-refractivity contribution in [3.8, 4) is 6.07 Å². The van der Waals surface area contributed by atoms with Crippen LogP contribution in [-0.4, -0.2) is 72.9 Å². The molecule has 0 aromatic heterocycles. The lowest BCUT2D eigenvalue weighted by Gasteiger charge is -2.27. The lowest BCUT2D eigenvalue weighted by Crippen LogP contribution is -2.50. The minimum Gasteiger partial charge on any atom is -0.453 e. The number of nitrogens with zero attached hydrogens (tertiary/aromatic N) is 3. The maximum atomic E-state index is 12.9. The Bertz CT molecular complexity index is 927. The highest BCUT2D eigenvalue weighted by Gasteiger charge is 2.40. The van der Waals surface area contributed by atoms with Crippen molar-refractivity contribution in [1.82, 2.24) is 15.1 Å². The SMILES string of the molecule is COC(=O)NC(CC1CC1)C(=O)N(C)CC(=O)N1CC(C(=O)Nc2ccccc2)CC1C#N. The summed E-state index contributed by atoms with van der Waals surface area (Å²) in [6, 6.07) is 9.53.